The molecule has 1 saturated heterocycles. The predicted octanol–water partition coefficient (Wildman–Crippen LogP) is 4.79. The molecule has 7 heteroatoms. The molecule has 3 amide bonds. The Morgan fingerprint density at radius 1 is 1.03 bits per heavy atom. The van der Waals surface area contributed by atoms with E-state index in [-0.39, 0.29) is 11.9 Å². The Bertz CT molecular complexity index is 910. The lowest BCUT2D eigenvalue weighted by Crippen LogP contribution is -2.33. The van der Waals surface area contributed by atoms with E-state index in [0.29, 0.717) is 31.0 Å². The number of amides is 3. The van der Waals surface area contributed by atoms with Crippen molar-refractivity contribution in [3.63, 3.8) is 0 Å². The summed E-state index contributed by atoms with van der Waals surface area (Å²) in [6, 6.07) is 12.8. The number of carbonyl (C=O) groups is 2. The van der Waals surface area contributed by atoms with Crippen molar-refractivity contribution >= 4 is 29.0 Å². The quantitative estimate of drug-likeness (QED) is 0.492. The number of anilines is 3. The molecule has 2 aromatic rings. The Balaban J connectivity index is 1.72. The highest BCUT2D eigenvalue weighted by molar-refractivity contribution is 6.04. The number of aryl methyl sites for hydroxylation is 1. The molecule has 0 aromatic heterocycles. The number of ether oxygens (including phenoxy) is 1. The van der Waals surface area contributed by atoms with Crippen molar-refractivity contribution in [3.8, 4) is 0 Å². The molecular formula is C25H34N4O3. The van der Waals surface area contributed by atoms with Gasteiger partial charge in [-0.25, -0.2) is 4.79 Å². The highest BCUT2D eigenvalue weighted by Crippen LogP contribution is 2.27. The van der Waals surface area contributed by atoms with Crippen LogP contribution in [-0.2, 0) is 4.74 Å². The summed E-state index contributed by atoms with van der Waals surface area (Å²) >= 11 is 0. The smallest absolute Gasteiger partial charge is 0.323 e. The second-order valence-corrected chi connectivity index (χ2v) is 7.98. The Morgan fingerprint density at radius 3 is 2.56 bits per heavy atom. The van der Waals surface area contributed by atoms with E-state index in [4.69, 9.17) is 4.74 Å². The van der Waals surface area contributed by atoms with Crippen LogP contribution < -0.4 is 20.9 Å². The van der Waals surface area contributed by atoms with Crippen LogP contribution in [-0.4, -0.2) is 44.8 Å². The fourth-order valence-electron chi connectivity index (χ4n) is 3.82. The maximum absolute atomic E-state index is 13.0. The van der Waals surface area contributed by atoms with Crippen molar-refractivity contribution < 1.29 is 14.3 Å². The zero-order valence-electron chi connectivity index (χ0n) is 19.1. The first-order chi connectivity index (χ1) is 15.6. The molecule has 0 saturated carbocycles. The standard InChI is InChI=1S/C25H34N4O3/c1-3-32-17-9-14-26-24(30)21-18-20(12-13-23(21)29-15-7-4-8-16-29)27-25(31)28-22-11-6-5-10-19(22)2/h5-6,10-13,18H,3-4,7-9,14-17H2,1-2H3,(H,26,30)(H2,27,28,31). The number of benzene rings is 2. The molecule has 1 heterocycles. The van der Waals surface area contributed by atoms with Gasteiger partial charge in [0, 0.05) is 49.9 Å². The third-order valence-electron chi connectivity index (χ3n) is 5.54. The summed E-state index contributed by atoms with van der Waals surface area (Å²) in [6.07, 6.45) is 4.21. The van der Waals surface area contributed by atoms with Gasteiger partial charge in [-0.05, 0) is 69.4 Å². The molecule has 2 aromatic carbocycles. The average Bonchev–Trinajstić information content (AvgIpc) is 2.81. The first kappa shape index (κ1) is 23.6. The first-order valence-corrected chi connectivity index (χ1v) is 11.5. The number of para-hydroxylation sites is 1. The minimum atomic E-state index is -0.340. The van der Waals surface area contributed by atoms with Crippen LogP contribution in [0, 0.1) is 6.92 Å². The van der Waals surface area contributed by atoms with Crippen LogP contribution in [0.4, 0.5) is 21.9 Å². The van der Waals surface area contributed by atoms with Crippen LogP contribution in [0.15, 0.2) is 42.5 Å². The van der Waals surface area contributed by atoms with Gasteiger partial charge in [-0.3, -0.25) is 4.79 Å². The van der Waals surface area contributed by atoms with E-state index in [1.807, 2.05) is 50.2 Å². The molecule has 0 atom stereocenters. The van der Waals surface area contributed by atoms with Gasteiger partial charge in [0.15, 0.2) is 0 Å². The van der Waals surface area contributed by atoms with Gasteiger partial charge in [0.2, 0.25) is 0 Å². The summed E-state index contributed by atoms with van der Waals surface area (Å²) in [5.41, 5.74) is 3.81. The molecule has 0 unspecified atom stereocenters. The van der Waals surface area contributed by atoms with Crippen LogP contribution in [0.1, 0.15) is 48.5 Å². The van der Waals surface area contributed by atoms with Crippen LogP contribution in [0.25, 0.3) is 0 Å². The second-order valence-electron chi connectivity index (χ2n) is 7.98. The lowest BCUT2D eigenvalue weighted by molar-refractivity contribution is 0.0944. The topological polar surface area (TPSA) is 82.7 Å². The fourth-order valence-corrected chi connectivity index (χ4v) is 3.82. The lowest BCUT2D eigenvalue weighted by atomic mass is 10.1. The summed E-state index contributed by atoms with van der Waals surface area (Å²) in [5, 5.41) is 8.71. The van der Waals surface area contributed by atoms with Gasteiger partial charge in [-0.2, -0.15) is 0 Å². The zero-order chi connectivity index (χ0) is 22.8. The Hall–Kier alpha value is -3.06. The van der Waals surface area contributed by atoms with Gasteiger partial charge < -0.3 is 25.6 Å². The largest absolute Gasteiger partial charge is 0.382 e. The van der Waals surface area contributed by atoms with E-state index >= 15 is 0 Å². The molecule has 0 radical (unpaired) electrons. The van der Waals surface area contributed by atoms with E-state index in [2.05, 4.69) is 20.9 Å². The van der Waals surface area contributed by atoms with E-state index in [9.17, 15) is 9.59 Å². The molecule has 0 spiro atoms. The maximum Gasteiger partial charge on any atom is 0.323 e. The molecular weight excluding hydrogens is 404 g/mol. The van der Waals surface area contributed by atoms with Gasteiger partial charge in [0.05, 0.1) is 5.56 Å². The molecule has 1 fully saturated rings. The Morgan fingerprint density at radius 2 is 1.81 bits per heavy atom. The summed E-state index contributed by atoms with van der Waals surface area (Å²) < 4.78 is 5.35. The van der Waals surface area contributed by atoms with Gasteiger partial charge in [-0.1, -0.05) is 18.2 Å². The fraction of sp³-hybridized carbons (Fsp3) is 0.440. The number of hydrogen-bond acceptors (Lipinski definition) is 4. The molecule has 7 nitrogen and oxygen atoms in total. The van der Waals surface area contributed by atoms with Crippen molar-refractivity contribution in [3.05, 3.63) is 53.6 Å². The van der Waals surface area contributed by atoms with E-state index in [1.165, 1.54) is 6.42 Å². The lowest BCUT2D eigenvalue weighted by Gasteiger charge is -2.30. The molecule has 1 aliphatic rings. The van der Waals surface area contributed by atoms with Crippen molar-refractivity contribution in [2.45, 2.75) is 39.5 Å². The molecule has 0 bridgehead atoms. The molecule has 0 aliphatic carbocycles. The highest BCUT2D eigenvalue weighted by Gasteiger charge is 2.19. The highest BCUT2D eigenvalue weighted by atomic mass is 16.5. The number of urea groups is 1. The molecule has 32 heavy (non-hydrogen) atoms. The summed E-state index contributed by atoms with van der Waals surface area (Å²) in [4.78, 5) is 27.8. The minimum absolute atomic E-state index is 0.134. The van der Waals surface area contributed by atoms with Gasteiger partial charge in [0.25, 0.3) is 5.91 Å². The van der Waals surface area contributed by atoms with Crippen LogP contribution in [0.2, 0.25) is 0 Å². The molecule has 3 N–H and O–H groups in total. The summed E-state index contributed by atoms with van der Waals surface area (Å²) in [5.74, 6) is -0.134. The SMILES string of the molecule is CCOCCCNC(=O)c1cc(NC(=O)Nc2ccccc2C)ccc1N1CCCCC1. The number of piperidine rings is 1. The van der Waals surface area contributed by atoms with Crippen LogP contribution >= 0.6 is 0 Å². The number of rotatable bonds is 9. The normalized spacial score (nSPS) is 13.5. The zero-order valence-corrected chi connectivity index (χ0v) is 19.1. The molecule has 1 aliphatic heterocycles. The number of nitrogens with zero attached hydrogens (tertiary/aromatic N) is 1. The van der Waals surface area contributed by atoms with Crippen molar-refractivity contribution in [1.82, 2.24) is 5.32 Å². The average molecular weight is 439 g/mol. The van der Waals surface area contributed by atoms with Gasteiger partial charge in [0.1, 0.15) is 0 Å². The molecule has 172 valence electrons. The minimum Gasteiger partial charge on any atom is -0.382 e. The van der Waals surface area contributed by atoms with Crippen LogP contribution in [0.5, 0.6) is 0 Å². The molecule has 3 rings (SSSR count). The van der Waals surface area contributed by atoms with Gasteiger partial charge >= 0.3 is 6.03 Å². The van der Waals surface area contributed by atoms with E-state index < -0.39 is 0 Å². The van der Waals surface area contributed by atoms with E-state index in [0.717, 1.165) is 49.3 Å². The second kappa shape index (κ2) is 12.1. The van der Waals surface area contributed by atoms with Crippen LogP contribution in [0.3, 0.4) is 0 Å². The number of hydrogen-bond donors (Lipinski definition) is 3. The summed E-state index contributed by atoms with van der Waals surface area (Å²) in [6.45, 7) is 7.61. The monoisotopic (exact) mass is 438 g/mol. The maximum atomic E-state index is 13.0. The van der Waals surface area contributed by atoms with E-state index in [1.54, 1.807) is 6.07 Å². The van der Waals surface area contributed by atoms with Crippen molar-refractivity contribution in [2.75, 3.05) is 48.4 Å². The Labute approximate surface area is 190 Å². The summed E-state index contributed by atoms with van der Waals surface area (Å²) in [7, 11) is 0. The first-order valence-electron chi connectivity index (χ1n) is 11.5. The van der Waals surface area contributed by atoms with Crippen molar-refractivity contribution in [2.24, 2.45) is 0 Å². The Kier molecular flexibility index (Phi) is 8.92. The van der Waals surface area contributed by atoms with Crippen molar-refractivity contribution in [1.29, 1.82) is 0 Å². The van der Waals surface area contributed by atoms with Gasteiger partial charge in [-0.15, -0.1) is 0 Å². The predicted molar refractivity (Wildman–Crippen MR) is 130 cm³/mol. The third-order valence-corrected chi connectivity index (χ3v) is 5.54. The third kappa shape index (κ3) is 6.72. The number of carbonyl (C=O) groups excluding carboxylic acids is 2. The number of nitrogens with one attached hydrogen (secondary N) is 3.